The van der Waals surface area contributed by atoms with Gasteiger partial charge >= 0.3 is 0 Å². The van der Waals surface area contributed by atoms with E-state index in [-0.39, 0.29) is 12.5 Å². The number of aliphatic hydroxyl groups is 2. The number of carbonyl (C=O) groups is 1. The van der Waals surface area contributed by atoms with Gasteiger partial charge in [-0.05, 0) is 70.6 Å². The first-order chi connectivity index (χ1) is 32.7. The van der Waals surface area contributed by atoms with Crippen LogP contribution in [0.1, 0.15) is 322 Å². The highest BCUT2D eigenvalue weighted by Gasteiger charge is 2.18. The number of nitrogens with one attached hydrogen (secondary N) is 1. The van der Waals surface area contributed by atoms with Crippen molar-refractivity contribution in [3.63, 3.8) is 0 Å². The van der Waals surface area contributed by atoms with Gasteiger partial charge in [-0.3, -0.25) is 4.79 Å². The second-order valence-corrected chi connectivity index (χ2v) is 20.4. The van der Waals surface area contributed by atoms with Gasteiger partial charge in [0.05, 0.1) is 18.8 Å². The first-order valence-electron chi connectivity index (χ1n) is 29.9. The highest BCUT2D eigenvalue weighted by molar-refractivity contribution is 5.76. The van der Waals surface area contributed by atoms with E-state index in [9.17, 15) is 15.0 Å². The molecule has 0 aromatic heterocycles. The van der Waals surface area contributed by atoms with Gasteiger partial charge in [0.15, 0.2) is 0 Å². The molecule has 2 unspecified atom stereocenters. The third-order valence-corrected chi connectivity index (χ3v) is 13.8. The second-order valence-electron chi connectivity index (χ2n) is 20.4. The first kappa shape index (κ1) is 64.3. The Morgan fingerprint density at radius 3 is 0.879 bits per heavy atom. The van der Waals surface area contributed by atoms with E-state index in [1.807, 2.05) is 6.08 Å². The Bertz CT molecular complexity index is 1050. The van der Waals surface area contributed by atoms with E-state index in [1.54, 1.807) is 6.08 Å². The Morgan fingerprint density at radius 2 is 0.591 bits per heavy atom. The van der Waals surface area contributed by atoms with Crippen molar-refractivity contribution >= 4 is 5.91 Å². The molecule has 4 heteroatoms. The van der Waals surface area contributed by atoms with Crippen molar-refractivity contribution < 1.29 is 15.0 Å². The summed E-state index contributed by atoms with van der Waals surface area (Å²) in [6.07, 6.45) is 80.1. The van der Waals surface area contributed by atoms with E-state index in [4.69, 9.17) is 0 Å². The fourth-order valence-corrected chi connectivity index (χ4v) is 9.21. The fraction of sp³-hybridized carbons (Fsp3) is 0.855. The Kier molecular flexibility index (Phi) is 56.2. The first-order valence-corrected chi connectivity index (χ1v) is 29.9. The van der Waals surface area contributed by atoms with E-state index < -0.39 is 12.1 Å². The Balaban J connectivity index is 3.52. The summed E-state index contributed by atoms with van der Waals surface area (Å²) < 4.78 is 0. The minimum atomic E-state index is -0.873. The van der Waals surface area contributed by atoms with Crippen LogP contribution in [0.25, 0.3) is 0 Å². The van der Waals surface area contributed by atoms with Crippen LogP contribution in [0.3, 0.4) is 0 Å². The predicted octanol–water partition coefficient (Wildman–Crippen LogP) is 19.8. The number of carbonyl (C=O) groups excluding carboxylic acids is 1. The number of aliphatic hydroxyl groups excluding tert-OH is 2. The summed E-state index contributed by atoms with van der Waals surface area (Å²) in [4.78, 5) is 12.5. The zero-order chi connectivity index (χ0) is 47.7. The third-order valence-electron chi connectivity index (χ3n) is 13.8. The molecule has 0 aliphatic carbocycles. The fourth-order valence-electron chi connectivity index (χ4n) is 9.21. The van der Waals surface area contributed by atoms with Gasteiger partial charge in [0.1, 0.15) is 0 Å². The summed E-state index contributed by atoms with van der Waals surface area (Å²) in [7, 11) is 0. The van der Waals surface area contributed by atoms with Crippen LogP contribution < -0.4 is 5.32 Å². The summed E-state index contributed by atoms with van der Waals surface area (Å²) in [5.74, 6) is -0.0773. The molecule has 388 valence electrons. The molecule has 0 aromatic rings. The smallest absolute Gasteiger partial charge is 0.220 e. The van der Waals surface area contributed by atoms with E-state index in [1.165, 1.54) is 263 Å². The quantitative estimate of drug-likeness (QED) is 0.0420. The Morgan fingerprint density at radius 1 is 0.348 bits per heavy atom. The lowest BCUT2D eigenvalue weighted by Crippen LogP contribution is -2.45. The molecule has 0 spiro atoms. The lowest BCUT2D eigenvalue weighted by Gasteiger charge is -2.19. The van der Waals surface area contributed by atoms with Crippen molar-refractivity contribution in [2.45, 2.75) is 334 Å². The van der Waals surface area contributed by atoms with Gasteiger partial charge in [0.25, 0.3) is 0 Å². The number of hydrogen-bond acceptors (Lipinski definition) is 3. The molecule has 0 aliphatic heterocycles. The van der Waals surface area contributed by atoms with Crippen molar-refractivity contribution in [2.75, 3.05) is 6.61 Å². The molecule has 0 aliphatic rings. The van der Waals surface area contributed by atoms with Gasteiger partial charge < -0.3 is 15.5 Å². The topological polar surface area (TPSA) is 69.6 Å². The van der Waals surface area contributed by atoms with Crippen LogP contribution >= 0.6 is 0 Å². The van der Waals surface area contributed by atoms with Crippen molar-refractivity contribution in [1.82, 2.24) is 5.32 Å². The van der Waals surface area contributed by atoms with Crippen molar-refractivity contribution in [3.05, 3.63) is 48.6 Å². The average molecular weight is 925 g/mol. The Labute approximate surface area is 414 Å². The highest BCUT2D eigenvalue weighted by Crippen LogP contribution is 2.17. The zero-order valence-electron chi connectivity index (χ0n) is 44.7. The maximum absolute atomic E-state index is 12.5. The van der Waals surface area contributed by atoms with Crippen LogP contribution in [0.2, 0.25) is 0 Å². The lowest BCUT2D eigenvalue weighted by molar-refractivity contribution is -0.123. The minimum Gasteiger partial charge on any atom is -0.394 e. The monoisotopic (exact) mass is 924 g/mol. The number of amides is 1. The summed E-state index contributed by atoms with van der Waals surface area (Å²) in [5, 5.41) is 23.2. The van der Waals surface area contributed by atoms with Gasteiger partial charge in [-0.25, -0.2) is 0 Å². The van der Waals surface area contributed by atoms with Crippen LogP contribution in [-0.2, 0) is 4.79 Å². The number of unbranched alkanes of at least 4 members (excludes halogenated alkanes) is 42. The normalized spacial score (nSPS) is 13.1. The molecular weight excluding hydrogens is 807 g/mol. The predicted molar refractivity (Wildman–Crippen MR) is 295 cm³/mol. The number of rotatable bonds is 55. The molecule has 0 fully saturated rings. The van der Waals surface area contributed by atoms with Crippen molar-refractivity contribution in [1.29, 1.82) is 0 Å². The molecule has 0 bridgehead atoms. The summed E-state index contributed by atoms with van der Waals surface area (Å²) >= 11 is 0. The molecule has 0 heterocycles. The summed E-state index contributed by atoms with van der Waals surface area (Å²) in [5.41, 5.74) is 0. The molecule has 2 atom stereocenters. The average Bonchev–Trinajstić information content (AvgIpc) is 3.32. The molecule has 0 radical (unpaired) electrons. The molecule has 4 nitrogen and oxygen atoms in total. The van der Waals surface area contributed by atoms with Gasteiger partial charge in [-0.2, -0.15) is 0 Å². The van der Waals surface area contributed by atoms with E-state index in [0.29, 0.717) is 6.42 Å². The molecule has 3 N–H and O–H groups in total. The maximum atomic E-state index is 12.5. The van der Waals surface area contributed by atoms with Crippen LogP contribution in [0.5, 0.6) is 0 Å². The maximum Gasteiger partial charge on any atom is 0.220 e. The number of allylic oxidation sites excluding steroid dienone is 7. The van der Waals surface area contributed by atoms with E-state index >= 15 is 0 Å². The van der Waals surface area contributed by atoms with Crippen molar-refractivity contribution in [2.24, 2.45) is 0 Å². The van der Waals surface area contributed by atoms with E-state index in [2.05, 4.69) is 55.6 Å². The third kappa shape index (κ3) is 53.3. The van der Waals surface area contributed by atoms with Crippen LogP contribution in [0.4, 0.5) is 0 Å². The largest absolute Gasteiger partial charge is 0.394 e. The van der Waals surface area contributed by atoms with E-state index in [0.717, 1.165) is 38.5 Å². The standard InChI is InChI=1S/C62H117NO3/c1-3-5-7-9-11-13-15-17-19-21-23-25-26-27-28-29-30-31-32-33-34-35-36-38-39-41-43-45-47-49-51-53-55-57-61(65)60(59-64)63-62(66)58-56-54-52-50-48-46-44-42-40-37-24-22-20-18-16-14-12-10-8-6-4-2/h22,24,39,41,47,49,55,57,60-61,64-65H,3-21,23,25-38,40,42-46,48,50-54,56,58-59H2,1-2H3,(H,63,66)/b24-22-,41-39+,49-47+,57-55+. The summed E-state index contributed by atoms with van der Waals surface area (Å²) in [6, 6.07) is -0.648. The number of hydrogen-bond donors (Lipinski definition) is 3. The lowest BCUT2D eigenvalue weighted by atomic mass is 10.0. The second kappa shape index (κ2) is 57.7. The SMILES string of the molecule is CCCCCCCCCC/C=C\CCCCCCCCCCCC(=O)NC(CO)C(O)/C=C/CC/C=C/CC/C=C/CCCCCCCCCCCCCCCCCCCCCCCCC. The van der Waals surface area contributed by atoms with Crippen LogP contribution in [-0.4, -0.2) is 34.9 Å². The van der Waals surface area contributed by atoms with Crippen LogP contribution in [0, 0.1) is 0 Å². The molecule has 0 saturated heterocycles. The summed E-state index contributed by atoms with van der Waals surface area (Å²) in [6.45, 7) is 4.32. The molecule has 0 saturated carbocycles. The molecule has 1 amide bonds. The molecule has 66 heavy (non-hydrogen) atoms. The van der Waals surface area contributed by atoms with Crippen LogP contribution in [0.15, 0.2) is 48.6 Å². The van der Waals surface area contributed by atoms with Crippen molar-refractivity contribution in [3.8, 4) is 0 Å². The Hall–Kier alpha value is -1.65. The molecule has 0 aromatic carbocycles. The zero-order valence-corrected chi connectivity index (χ0v) is 44.7. The highest BCUT2D eigenvalue weighted by atomic mass is 16.3. The molecule has 0 rings (SSSR count). The van der Waals surface area contributed by atoms with Gasteiger partial charge in [0, 0.05) is 6.42 Å². The molecular formula is C62H117NO3. The minimum absolute atomic E-state index is 0.0773. The van der Waals surface area contributed by atoms with Gasteiger partial charge in [-0.1, -0.05) is 294 Å². The van der Waals surface area contributed by atoms with Gasteiger partial charge in [0.2, 0.25) is 5.91 Å². The van der Waals surface area contributed by atoms with Gasteiger partial charge in [-0.15, -0.1) is 0 Å².